The van der Waals surface area contributed by atoms with Crippen molar-refractivity contribution in [3.63, 3.8) is 0 Å². The lowest BCUT2D eigenvalue weighted by Gasteiger charge is -2.54. The van der Waals surface area contributed by atoms with E-state index in [1.54, 1.807) is 12.7 Å². The van der Waals surface area contributed by atoms with Crippen LogP contribution in [0.5, 0.6) is 5.75 Å². The first-order valence-corrected chi connectivity index (χ1v) is 18.8. The van der Waals surface area contributed by atoms with Crippen LogP contribution in [0.2, 0.25) is 39.3 Å². The quantitative estimate of drug-likeness (QED) is 0.477. The van der Waals surface area contributed by atoms with E-state index in [9.17, 15) is 0 Å². The molecule has 0 radical (unpaired) electrons. The van der Waals surface area contributed by atoms with Gasteiger partial charge in [0.2, 0.25) is 0 Å². The Kier molecular flexibility index (Phi) is 5.83. The molecule has 3 nitrogen and oxygen atoms in total. The fraction of sp³-hybridized carbons (Fsp3) is 0.760. The lowest BCUT2D eigenvalue weighted by molar-refractivity contribution is -0.0527. The van der Waals surface area contributed by atoms with Crippen molar-refractivity contribution < 1.29 is 13.6 Å². The Morgan fingerprint density at radius 1 is 0.933 bits per heavy atom. The zero-order valence-electron chi connectivity index (χ0n) is 20.4. The van der Waals surface area contributed by atoms with Gasteiger partial charge in [-0.05, 0) is 118 Å². The van der Waals surface area contributed by atoms with Gasteiger partial charge in [0.25, 0.3) is 0 Å². The first kappa shape index (κ1) is 22.6. The van der Waals surface area contributed by atoms with Gasteiger partial charge in [0.05, 0.1) is 19.3 Å². The van der Waals surface area contributed by atoms with Crippen LogP contribution in [0.1, 0.15) is 49.7 Å². The van der Waals surface area contributed by atoms with Crippen molar-refractivity contribution in [2.75, 3.05) is 7.11 Å². The SMILES string of the molecule is COc1ccc2c(c1)CC(O[Si](C)(C)C)C1C2CCC2(C)C(O[Si](C)(C)C)CCC12. The van der Waals surface area contributed by atoms with E-state index >= 15 is 0 Å². The van der Waals surface area contributed by atoms with E-state index in [2.05, 4.69) is 64.4 Å². The zero-order chi connectivity index (χ0) is 21.9. The number of hydrogen-bond donors (Lipinski definition) is 0. The molecule has 0 aliphatic heterocycles. The maximum Gasteiger partial charge on any atom is 0.184 e. The van der Waals surface area contributed by atoms with Crippen LogP contribution in [0.25, 0.3) is 0 Å². The van der Waals surface area contributed by atoms with Gasteiger partial charge in [0, 0.05) is 0 Å². The van der Waals surface area contributed by atoms with Gasteiger partial charge < -0.3 is 13.6 Å². The second-order valence-corrected chi connectivity index (χ2v) is 21.1. The molecule has 0 N–H and O–H groups in total. The molecule has 1 aromatic carbocycles. The molecule has 0 bridgehead atoms. The van der Waals surface area contributed by atoms with E-state index in [0.717, 1.165) is 12.2 Å². The van der Waals surface area contributed by atoms with Crippen LogP contribution in [0.3, 0.4) is 0 Å². The fourth-order valence-electron chi connectivity index (χ4n) is 6.82. The summed E-state index contributed by atoms with van der Waals surface area (Å²) in [6.45, 7) is 16.6. The Labute approximate surface area is 186 Å². The predicted molar refractivity (Wildman–Crippen MR) is 129 cm³/mol. The Morgan fingerprint density at radius 2 is 1.63 bits per heavy atom. The van der Waals surface area contributed by atoms with Gasteiger partial charge in [-0.15, -0.1) is 0 Å². The predicted octanol–water partition coefficient (Wildman–Crippen LogP) is 6.60. The number of methoxy groups -OCH3 is 1. The van der Waals surface area contributed by atoms with Crippen LogP contribution in [-0.4, -0.2) is 36.0 Å². The van der Waals surface area contributed by atoms with Crippen molar-refractivity contribution in [2.45, 2.75) is 96.4 Å². The van der Waals surface area contributed by atoms with Gasteiger partial charge in [-0.3, -0.25) is 0 Å². The van der Waals surface area contributed by atoms with Crippen molar-refractivity contribution in [1.82, 2.24) is 0 Å². The fourth-order valence-corrected chi connectivity index (χ4v) is 9.21. The second kappa shape index (κ2) is 7.75. The molecule has 6 unspecified atom stereocenters. The van der Waals surface area contributed by atoms with Crippen molar-refractivity contribution in [1.29, 1.82) is 0 Å². The molecule has 3 aliphatic carbocycles. The maximum atomic E-state index is 6.93. The normalized spacial score (nSPS) is 36.1. The van der Waals surface area contributed by atoms with Crippen molar-refractivity contribution >= 4 is 16.6 Å². The largest absolute Gasteiger partial charge is 0.497 e. The highest BCUT2D eigenvalue weighted by atomic mass is 28.4. The molecule has 6 atom stereocenters. The summed E-state index contributed by atoms with van der Waals surface area (Å²) >= 11 is 0. The summed E-state index contributed by atoms with van der Waals surface area (Å²) in [6, 6.07) is 6.78. The first-order valence-electron chi connectivity index (χ1n) is 11.9. The van der Waals surface area contributed by atoms with Crippen LogP contribution in [0, 0.1) is 17.3 Å². The molecule has 4 rings (SSSR count). The molecule has 0 spiro atoms. The van der Waals surface area contributed by atoms with Crippen LogP contribution >= 0.6 is 0 Å². The first-order chi connectivity index (χ1) is 13.9. The summed E-state index contributed by atoms with van der Waals surface area (Å²) in [4.78, 5) is 0. The average molecular weight is 447 g/mol. The minimum Gasteiger partial charge on any atom is -0.497 e. The standard InChI is InChI=1S/C25H42O3Si2/c1-25-14-13-20-19-10-9-18(26-2)15-17(19)16-22(27-29(3,4)5)24(20)21(25)11-12-23(25)28-30(6,7)8/h9-10,15,20-24H,11-14,16H2,1-8H3. The highest BCUT2D eigenvalue weighted by Crippen LogP contribution is 2.62. The Bertz CT molecular complexity index is 782. The molecule has 0 saturated heterocycles. The van der Waals surface area contributed by atoms with E-state index in [0.29, 0.717) is 35.4 Å². The molecular formula is C25H42O3Si2. The number of ether oxygens (including phenoxy) is 1. The summed E-state index contributed by atoms with van der Waals surface area (Å²) in [5, 5.41) is 0. The van der Waals surface area contributed by atoms with Crippen LogP contribution in [0.15, 0.2) is 18.2 Å². The summed E-state index contributed by atoms with van der Waals surface area (Å²) in [5.74, 6) is 2.91. The topological polar surface area (TPSA) is 27.7 Å². The Morgan fingerprint density at radius 3 is 2.27 bits per heavy atom. The van der Waals surface area contributed by atoms with Crippen LogP contribution < -0.4 is 4.74 Å². The van der Waals surface area contributed by atoms with Crippen molar-refractivity contribution in [3.05, 3.63) is 29.3 Å². The van der Waals surface area contributed by atoms with Gasteiger partial charge in [-0.25, -0.2) is 0 Å². The molecule has 1 aromatic rings. The molecule has 3 aliphatic rings. The minimum absolute atomic E-state index is 0.298. The molecule has 2 saturated carbocycles. The summed E-state index contributed by atoms with van der Waals surface area (Å²) < 4.78 is 19.3. The minimum atomic E-state index is -1.64. The molecule has 2 fully saturated rings. The summed E-state index contributed by atoms with van der Waals surface area (Å²) in [6.07, 6.45) is 6.85. The molecule has 0 heterocycles. The van der Waals surface area contributed by atoms with Gasteiger partial charge in [-0.1, -0.05) is 13.0 Å². The molecule has 168 valence electrons. The third kappa shape index (κ3) is 4.19. The lowest BCUT2D eigenvalue weighted by atomic mass is 9.54. The summed E-state index contributed by atoms with van der Waals surface area (Å²) in [5.41, 5.74) is 3.31. The Balaban J connectivity index is 1.71. The van der Waals surface area contributed by atoms with Gasteiger partial charge in [0.15, 0.2) is 16.6 Å². The highest BCUT2D eigenvalue weighted by Gasteiger charge is 2.58. The van der Waals surface area contributed by atoms with Gasteiger partial charge in [-0.2, -0.15) is 0 Å². The number of hydrogen-bond acceptors (Lipinski definition) is 3. The van der Waals surface area contributed by atoms with Crippen LogP contribution in [0.4, 0.5) is 0 Å². The second-order valence-electron chi connectivity index (χ2n) is 12.2. The summed E-state index contributed by atoms with van der Waals surface area (Å²) in [7, 11) is -1.42. The number of benzene rings is 1. The Hall–Kier alpha value is -0.626. The molecule has 0 amide bonds. The molecule has 5 heteroatoms. The maximum absolute atomic E-state index is 6.93. The number of rotatable bonds is 5. The van der Waals surface area contributed by atoms with Gasteiger partial charge >= 0.3 is 0 Å². The van der Waals surface area contributed by atoms with Crippen molar-refractivity contribution in [3.8, 4) is 5.75 Å². The number of fused-ring (bicyclic) bond motifs is 5. The zero-order valence-corrected chi connectivity index (χ0v) is 22.4. The highest BCUT2D eigenvalue weighted by molar-refractivity contribution is 6.70. The molecular weight excluding hydrogens is 404 g/mol. The van der Waals surface area contributed by atoms with Gasteiger partial charge in [0.1, 0.15) is 5.75 Å². The molecule has 0 aromatic heterocycles. The smallest absolute Gasteiger partial charge is 0.184 e. The van der Waals surface area contributed by atoms with Crippen LogP contribution in [-0.2, 0) is 15.3 Å². The van der Waals surface area contributed by atoms with E-state index in [1.807, 2.05) is 0 Å². The average Bonchev–Trinajstić information content (AvgIpc) is 2.94. The monoisotopic (exact) mass is 446 g/mol. The van der Waals surface area contributed by atoms with E-state index in [4.69, 9.17) is 13.6 Å². The molecule has 30 heavy (non-hydrogen) atoms. The van der Waals surface area contributed by atoms with E-state index in [1.165, 1.54) is 31.2 Å². The van der Waals surface area contributed by atoms with E-state index in [-0.39, 0.29) is 0 Å². The third-order valence-electron chi connectivity index (χ3n) is 7.85. The van der Waals surface area contributed by atoms with E-state index < -0.39 is 16.6 Å². The lowest BCUT2D eigenvalue weighted by Crippen LogP contribution is -2.53. The van der Waals surface area contributed by atoms with Crippen molar-refractivity contribution in [2.24, 2.45) is 17.3 Å². The third-order valence-corrected chi connectivity index (χ3v) is 9.85.